The maximum atomic E-state index is 12.1. The van der Waals surface area contributed by atoms with Crippen LogP contribution in [0, 0.1) is 18.3 Å². The summed E-state index contributed by atoms with van der Waals surface area (Å²) in [6.07, 6.45) is 0. The lowest BCUT2D eigenvalue weighted by Crippen LogP contribution is -2.12. The number of aromatic hydroxyl groups is 1. The second-order valence-electron chi connectivity index (χ2n) is 4.26. The molecule has 1 amide bonds. The number of nitrogens with zero attached hydrogens (tertiary/aromatic N) is 1. The molecule has 100 valence electrons. The first-order valence-electron chi connectivity index (χ1n) is 5.82. The number of phenolic OH excluding ortho intramolecular Hbond substituents is 1. The van der Waals surface area contributed by atoms with Crippen LogP contribution in [0.4, 0.5) is 5.69 Å². The van der Waals surface area contributed by atoms with Crippen LogP contribution >= 0.6 is 15.9 Å². The Morgan fingerprint density at radius 3 is 2.65 bits per heavy atom. The second kappa shape index (κ2) is 5.76. The summed E-state index contributed by atoms with van der Waals surface area (Å²) in [6, 6.07) is 11.6. The van der Waals surface area contributed by atoms with E-state index in [1.807, 2.05) is 6.07 Å². The maximum absolute atomic E-state index is 12.1. The van der Waals surface area contributed by atoms with Gasteiger partial charge in [-0.3, -0.25) is 4.79 Å². The van der Waals surface area contributed by atoms with Gasteiger partial charge in [-0.1, -0.05) is 6.07 Å². The van der Waals surface area contributed by atoms with Gasteiger partial charge in [-0.2, -0.15) is 5.26 Å². The lowest BCUT2D eigenvalue weighted by Gasteiger charge is -2.08. The van der Waals surface area contributed by atoms with Gasteiger partial charge in [-0.15, -0.1) is 0 Å². The molecule has 0 heterocycles. The van der Waals surface area contributed by atoms with Gasteiger partial charge < -0.3 is 10.4 Å². The Hall–Kier alpha value is -2.32. The monoisotopic (exact) mass is 330 g/mol. The Kier molecular flexibility index (Phi) is 4.06. The van der Waals surface area contributed by atoms with Gasteiger partial charge in [0.1, 0.15) is 5.75 Å². The Balaban J connectivity index is 2.23. The molecule has 0 aliphatic carbocycles. The van der Waals surface area contributed by atoms with Gasteiger partial charge >= 0.3 is 0 Å². The highest BCUT2D eigenvalue weighted by molar-refractivity contribution is 9.10. The average Bonchev–Trinajstić information content (AvgIpc) is 2.43. The van der Waals surface area contributed by atoms with E-state index < -0.39 is 0 Å². The van der Waals surface area contributed by atoms with Crippen molar-refractivity contribution >= 4 is 27.5 Å². The number of amides is 1. The Labute approximate surface area is 124 Å². The normalized spacial score (nSPS) is 9.85. The van der Waals surface area contributed by atoms with E-state index in [1.54, 1.807) is 37.3 Å². The van der Waals surface area contributed by atoms with E-state index in [1.165, 1.54) is 6.07 Å². The molecule has 0 aliphatic heterocycles. The molecule has 2 rings (SSSR count). The summed E-state index contributed by atoms with van der Waals surface area (Å²) in [4.78, 5) is 12.1. The molecule has 0 saturated heterocycles. The largest absolute Gasteiger partial charge is 0.508 e. The number of halogens is 1. The molecule has 4 nitrogen and oxygen atoms in total. The highest BCUT2D eigenvalue weighted by Gasteiger charge is 2.10. The maximum Gasteiger partial charge on any atom is 0.255 e. The number of rotatable bonds is 2. The zero-order valence-corrected chi connectivity index (χ0v) is 12.2. The molecule has 0 aromatic heterocycles. The molecule has 2 aromatic rings. The van der Waals surface area contributed by atoms with Gasteiger partial charge in [0.15, 0.2) is 0 Å². The van der Waals surface area contributed by atoms with Gasteiger partial charge in [0.25, 0.3) is 5.91 Å². The fourth-order valence-electron chi connectivity index (χ4n) is 1.63. The Morgan fingerprint density at radius 1 is 1.30 bits per heavy atom. The van der Waals surface area contributed by atoms with Crippen molar-refractivity contribution in [1.82, 2.24) is 0 Å². The third-order valence-electron chi connectivity index (χ3n) is 2.82. The molecule has 5 heteroatoms. The summed E-state index contributed by atoms with van der Waals surface area (Å²) < 4.78 is 0.626. The highest BCUT2D eigenvalue weighted by Crippen LogP contribution is 2.25. The first-order chi connectivity index (χ1) is 9.51. The summed E-state index contributed by atoms with van der Waals surface area (Å²) in [6.45, 7) is 1.76. The van der Waals surface area contributed by atoms with Gasteiger partial charge in [0.2, 0.25) is 0 Å². The van der Waals surface area contributed by atoms with E-state index in [0.29, 0.717) is 26.9 Å². The topological polar surface area (TPSA) is 73.1 Å². The standard InChI is InChI=1S/C15H11BrN2O2/c1-9-2-4-11(7-14(9)19)15(20)18-13-5-3-10(8-17)6-12(13)16/h2-7,19H,1H3,(H,18,20). The molecule has 0 atom stereocenters. The van der Waals surface area contributed by atoms with E-state index in [2.05, 4.69) is 21.2 Å². The number of benzene rings is 2. The number of nitriles is 1. The van der Waals surface area contributed by atoms with Crippen molar-refractivity contribution in [3.8, 4) is 11.8 Å². The van der Waals surface area contributed by atoms with Gasteiger partial charge in [0, 0.05) is 10.0 Å². The summed E-state index contributed by atoms with van der Waals surface area (Å²) in [7, 11) is 0. The van der Waals surface area contributed by atoms with E-state index in [0.717, 1.165) is 0 Å². The number of nitrogens with one attached hydrogen (secondary N) is 1. The lowest BCUT2D eigenvalue weighted by molar-refractivity contribution is 0.102. The average molecular weight is 331 g/mol. The summed E-state index contributed by atoms with van der Waals surface area (Å²) in [5.74, 6) is -0.248. The molecule has 0 radical (unpaired) electrons. The van der Waals surface area contributed by atoms with Crippen LogP contribution in [0.5, 0.6) is 5.75 Å². The zero-order chi connectivity index (χ0) is 14.7. The minimum atomic E-state index is -0.328. The molecule has 0 fully saturated rings. The third kappa shape index (κ3) is 2.98. The number of carbonyl (C=O) groups is 1. The van der Waals surface area contributed by atoms with Crippen LogP contribution in [0.1, 0.15) is 21.5 Å². The molecular weight excluding hydrogens is 320 g/mol. The van der Waals surface area contributed by atoms with Crippen LogP contribution in [0.15, 0.2) is 40.9 Å². The van der Waals surface area contributed by atoms with Crippen molar-refractivity contribution in [2.75, 3.05) is 5.32 Å². The van der Waals surface area contributed by atoms with Crippen LogP contribution in [0.3, 0.4) is 0 Å². The molecule has 0 bridgehead atoms. The SMILES string of the molecule is Cc1ccc(C(=O)Nc2ccc(C#N)cc2Br)cc1O. The second-order valence-corrected chi connectivity index (χ2v) is 5.12. The summed E-state index contributed by atoms with van der Waals surface area (Å²) in [5, 5.41) is 21.1. The number of hydrogen-bond acceptors (Lipinski definition) is 3. The van der Waals surface area contributed by atoms with Crippen molar-refractivity contribution in [1.29, 1.82) is 5.26 Å². The number of hydrogen-bond donors (Lipinski definition) is 2. The minimum absolute atomic E-state index is 0.0801. The smallest absolute Gasteiger partial charge is 0.255 e. The first-order valence-corrected chi connectivity index (χ1v) is 6.61. The zero-order valence-electron chi connectivity index (χ0n) is 10.6. The summed E-state index contributed by atoms with van der Waals surface area (Å²) >= 11 is 3.30. The lowest BCUT2D eigenvalue weighted by atomic mass is 10.1. The Bertz CT molecular complexity index is 720. The Morgan fingerprint density at radius 2 is 2.05 bits per heavy atom. The van der Waals surface area contributed by atoms with Crippen LogP contribution in [-0.4, -0.2) is 11.0 Å². The molecule has 2 aromatic carbocycles. The quantitative estimate of drug-likeness (QED) is 0.883. The molecular formula is C15H11BrN2O2. The van der Waals surface area contributed by atoms with Crippen LogP contribution in [-0.2, 0) is 0 Å². The third-order valence-corrected chi connectivity index (χ3v) is 3.47. The minimum Gasteiger partial charge on any atom is -0.508 e. The predicted octanol–water partition coefficient (Wildman–Crippen LogP) is 3.59. The van der Waals surface area contributed by atoms with E-state index in [9.17, 15) is 9.90 Å². The van der Waals surface area contributed by atoms with E-state index in [-0.39, 0.29) is 11.7 Å². The van der Waals surface area contributed by atoms with Gasteiger partial charge in [-0.25, -0.2) is 0 Å². The van der Waals surface area contributed by atoms with Gasteiger partial charge in [-0.05, 0) is 58.7 Å². The molecule has 2 N–H and O–H groups in total. The van der Waals surface area contributed by atoms with Crippen molar-refractivity contribution in [2.24, 2.45) is 0 Å². The fourth-order valence-corrected chi connectivity index (χ4v) is 2.11. The number of anilines is 1. The van der Waals surface area contributed by atoms with Crippen molar-refractivity contribution < 1.29 is 9.90 Å². The molecule has 20 heavy (non-hydrogen) atoms. The van der Waals surface area contributed by atoms with E-state index >= 15 is 0 Å². The first kappa shape index (κ1) is 14.1. The van der Waals surface area contributed by atoms with Crippen LogP contribution in [0.2, 0.25) is 0 Å². The molecule has 0 saturated carbocycles. The number of carbonyl (C=O) groups excluding carboxylic acids is 1. The van der Waals surface area contributed by atoms with Crippen molar-refractivity contribution in [3.63, 3.8) is 0 Å². The van der Waals surface area contributed by atoms with E-state index in [4.69, 9.17) is 5.26 Å². The number of phenols is 1. The fraction of sp³-hybridized carbons (Fsp3) is 0.0667. The van der Waals surface area contributed by atoms with Crippen molar-refractivity contribution in [3.05, 3.63) is 57.6 Å². The van der Waals surface area contributed by atoms with Crippen LogP contribution in [0.25, 0.3) is 0 Å². The van der Waals surface area contributed by atoms with Crippen molar-refractivity contribution in [2.45, 2.75) is 6.92 Å². The molecule has 0 unspecified atom stereocenters. The summed E-state index contributed by atoms with van der Waals surface area (Å²) in [5.41, 5.74) is 2.14. The highest BCUT2D eigenvalue weighted by atomic mass is 79.9. The predicted molar refractivity (Wildman–Crippen MR) is 79.7 cm³/mol. The van der Waals surface area contributed by atoms with Crippen LogP contribution < -0.4 is 5.32 Å². The van der Waals surface area contributed by atoms with Gasteiger partial charge in [0.05, 0.1) is 17.3 Å². The molecule has 0 aliphatic rings. The number of aryl methyl sites for hydroxylation is 1. The molecule has 0 spiro atoms.